The van der Waals surface area contributed by atoms with E-state index < -0.39 is 0 Å². The van der Waals surface area contributed by atoms with Crippen LogP contribution in [0.3, 0.4) is 0 Å². The van der Waals surface area contributed by atoms with Crippen LogP contribution in [0.2, 0.25) is 0 Å². The van der Waals surface area contributed by atoms with Crippen molar-refractivity contribution in [2.24, 2.45) is 5.10 Å². The van der Waals surface area contributed by atoms with Crippen LogP contribution in [0.5, 0.6) is 0 Å². The largest absolute Gasteiger partial charge is 0.296 e. The van der Waals surface area contributed by atoms with Gasteiger partial charge < -0.3 is 0 Å². The maximum Gasteiger partial charge on any atom is 0.243 e. The Kier molecular flexibility index (Phi) is 3.10. The van der Waals surface area contributed by atoms with Gasteiger partial charge in [0.25, 0.3) is 0 Å². The highest BCUT2D eigenvalue weighted by atomic mass is 16.2. The third kappa shape index (κ3) is 2.34. The summed E-state index contributed by atoms with van der Waals surface area (Å²) in [5.74, 6) is -0.0329. The zero-order valence-electron chi connectivity index (χ0n) is 8.80. The predicted molar refractivity (Wildman–Crippen MR) is 59.7 cm³/mol. The molecular weight excluding hydrogens is 204 g/mol. The van der Waals surface area contributed by atoms with E-state index in [9.17, 15) is 9.59 Å². The maximum atomic E-state index is 11.6. The van der Waals surface area contributed by atoms with Gasteiger partial charge in [0.05, 0.1) is 6.54 Å². The molecule has 4 heteroatoms. The number of hydrogen-bond acceptors (Lipinski definition) is 3. The van der Waals surface area contributed by atoms with Crippen molar-refractivity contribution in [3.05, 3.63) is 35.9 Å². The molecule has 4 nitrogen and oxygen atoms in total. The first-order valence-electron chi connectivity index (χ1n) is 5.16. The summed E-state index contributed by atoms with van der Waals surface area (Å²) in [6, 6.07) is 9.60. The van der Waals surface area contributed by atoms with Gasteiger partial charge in [0.15, 0.2) is 6.29 Å². The molecule has 0 saturated heterocycles. The van der Waals surface area contributed by atoms with Crippen molar-refractivity contribution >= 4 is 17.9 Å². The standard InChI is InChI=1S/C12H12N2O2/c15-9-11-6-7-12(16)14(13-11)8-10-4-2-1-3-5-10/h1-5,9H,6-8H2. The molecule has 1 aromatic rings. The van der Waals surface area contributed by atoms with Gasteiger partial charge in [0.2, 0.25) is 5.91 Å². The molecule has 0 N–H and O–H groups in total. The van der Waals surface area contributed by atoms with E-state index in [2.05, 4.69) is 5.10 Å². The lowest BCUT2D eigenvalue weighted by Crippen LogP contribution is -2.31. The fourth-order valence-electron chi connectivity index (χ4n) is 1.59. The Balaban J connectivity index is 2.14. The quantitative estimate of drug-likeness (QED) is 0.716. The van der Waals surface area contributed by atoms with Crippen molar-refractivity contribution in [2.45, 2.75) is 19.4 Å². The molecule has 0 fully saturated rings. The molecule has 0 aromatic heterocycles. The Hall–Kier alpha value is -1.97. The number of carbonyl (C=O) groups is 2. The number of hydrazone groups is 1. The van der Waals surface area contributed by atoms with Crippen LogP contribution in [-0.2, 0) is 16.1 Å². The summed E-state index contributed by atoms with van der Waals surface area (Å²) in [5, 5.41) is 5.37. The summed E-state index contributed by atoms with van der Waals surface area (Å²) in [6.45, 7) is 0.428. The summed E-state index contributed by atoms with van der Waals surface area (Å²) < 4.78 is 0. The second kappa shape index (κ2) is 4.70. The molecule has 0 bridgehead atoms. The second-order valence-electron chi connectivity index (χ2n) is 3.65. The van der Waals surface area contributed by atoms with Crippen LogP contribution in [0.1, 0.15) is 18.4 Å². The third-order valence-corrected chi connectivity index (χ3v) is 2.44. The molecule has 0 unspecified atom stereocenters. The fraction of sp³-hybridized carbons (Fsp3) is 0.250. The minimum absolute atomic E-state index is 0.0329. The molecule has 1 aliphatic rings. The summed E-state index contributed by atoms with van der Waals surface area (Å²) >= 11 is 0. The monoisotopic (exact) mass is 216 g/mol. The Morgan fingerprint density at radius 2 is 2.00 bits per heavy atom. The van der Waals surface area contributed by atoms with Crippen molar-refractivity contribution in [2.75, 3.05) is 0 Å². The van der Waals surface area contributed by atoms with Gasteiger partial charge >= 0.3 is 0 Å². The molecular formula is C12H12N2O2. The van der Waals surface area contributed by atoms with Crippen molar-refractivity contribution in [3.8, 4) is 0 Å². The van der Waals surface area contributed by atoms with E-state index in [-0.39, 0.29) is 5.91 Å². The molecule has 2 rings (SSSR count). The molecule has 1 heterocycles. The van der Waals surface area contributed by atoms with Gasteiger partial charge in [-0.25, -0.2) is 5.01 Å². The molecule has 0 saturated carbocycles. The van der Waals surface area contributed by atoms with E-state index in [1.165, 1.54) is 5.01 Å². The van der Waals surface area contributed by atoms with Crippen LogP contribution >= 0.6 is 0 Å². The third-order valence-electron chi connectivity index (χ3n) is 2.44. The molecule has 82 valence electrons. The van der Waals surface area contributed by atoms with Crippen LogP contribution in [0.15, 0.2) is 35.4 Å². The van der Waals surface area contributed by atoms with E-state index in [0.29, 0.717) is 31.4 Å². The number of rotatable bonds is 3. The van der Waals surface area contributed by atoms with Crippen molar-refractivity contribution in [3.63, 3.8) is 0 Å². The topological polar surface area (TPSA) is 49.7 Å². The molecule has 0 radical (unpaired) electrons. The first-order valence-corrected chi connectivity index (χ1v) is 5.16. The van der Waals surface area contributed by atoms with Gasteiger partial charge in [-0.05, 0) is 5.56 Å². The summed E-state index contributed by atoms with van der Waals surface area (Å²) in [5.41, 5.74) is 1.45. The highest BCUT2D eigenvalue weighted by molar-refractivity contribution is 6.29. The van der Waals surface area contributed by atoms with Crippen LogP contribution < -0.4 is 0 Å². The van der Waals surface area contributed by atoms with E-state index in [1.54, 1.807) is 0 Å². The summed E-state index contributed by atoms with van der Waals surface area (Å²) in [7, 11) is 0. The average Bonchev–Trinajstić information content (AvgIpc) is 2.33. The number of nitrogens with zero attached hydrogens (tertiary/aromatic N) is 2. The van der Waals surface area contributed by atoms with E-state index >= 15 is 0 Å². The van der Waals surface area contributed by atoms with Crippen molar-refractivity contribution < 1.29 is 9.59 Å². The van der Waals surface area contributed by atoms with Gasteiger partial charge in [0.1, 0.15) is 5.71 Å². The highest BCUT2D eigenvalue weighted by Gasteiger charge is 2.19. The van der Waals surface area contributed by atoms with Crippen LogP contribution in [0.4, 0.5) is 0 Å². The number of hydrogen-bond donors (Lipinski definition) is 0. The van der Waals surface area contributed by atoms with E-state index in [0.717, 1.165) is 5.56 Å². The first-order chi connectivity index (χ1) is 7.79. The predicted octanol–water partition coefficient (Wildman–Crippen LogP) is 1.36. The Bertz CT molecular complexity index is 426. The van der Waals surface area contributed by atoms with Gasteiger partial charge in [-0.15, -0.1) is 0 Å². The lowest BCUT2D eigenvalue weighted by Gasteiger charge is -2.21. The maximum absolute atomic E-state index is 11.6. The van der Waals surface area contributed by atoms with Crippen LogP contribution in [-0.4, -0.2) is 22.9 Å². The Labute approximate surface area is 93.6 Å². The number of carbonyl (C=O) groups excluding carboxylic acids is 2. The van der Waals surface area contributed by atoms with Gasteiger partial charge in [-0.3, -0.25) is 9.59 Å². The van der Waals surface area contributed by atoms with E-state index in [1.807, 2.05) is 30.3 Å². The van der Waals surface area contributed by atoms with Crippen molar-refractivity contribution in [1.82, 2.24) is 5.01 Å². The van der Waals surface area contributed by atoms with Crippen LogP contribution in [0, 0.1) is 0 Å². The molecule has 1 amide bonds. The molecule has 0 aliphatic carbocycles. The smallest absolute Gasteiger partial charge is 0.243 e. The number of amides is 1. The normalized spacial score (nSPS) is 15.9. The number of benzene rings is 1. The summed E-state index contributed by atoms with van der Waals surface area (Å²) in [6.07, 6.45) is 1.53. The molecule has 16 heavy (non-hydrogen) atoms. The summed E-state index contributed by atoms with van der Waals surface area (Å²) in [4.78, 5) is 22.2. The van der Waals surface area contributed by atoms with Crippen LogP contribution in [0.25, 0.3) is 0 Å². The van der Waals surface area contributed by atoms with Gasteiger partial charge in [0, 0.05) is 12.8 Å². The minimum atomic E-state index is -0.0329. The van der Waals surface area contributed by atoms with Gasteiger partial charge in [-0.2, -0.15) is 5.10 Å². The molecule has 0 atom stereocenters. The average molecular weight is 216 g/mol. The zero-order chi connectivity index (χ0) is 11.4. The Morgan fingerprint density at radius 1 is 1.25 bits per heavy atom. The molecule has 0 spiro atoms. The lowest BCUT2D eigenvalue weighted by atomic mass is 10.1. The Morgan fingerprint density at radius 3 is 2.69 bits per heavy atom. The second-order valence-corrected chi connectivity index (χ2v) is 3.65. The zero-order valence-corrected chi connectivity index (χ0v) is 8.80. The fourth-order valence-corrected chi connectivity index (χ4v) is 1.59. The van der Waals surface area contributed by atoms with E-state index in [4.69, 9.17) is 0 Å². The van der Waals surface area contributed by atoms with Crippen molar-refractivity contribution in [1.29, 1.82) is 0 Å². The minimum Gasteiger partial charge on any atom is -0.296 e. The lowest BCUT2D eigenvalue weighted by molar-refractivity contribution is -0.132. The first kappa shape index (κ1) is 10.5. The number of aldehydes is 1. The SMILES string of the molecule is O=CC1=NN(Cc2ccccc2)C(=O)CC1. The highest BCUT2D eigenvalue weighted by Crippen LogP contribution is 2.12. The molecule has 1 aliphatic heterocycles. The molecule has 1 aromatic carbocycles. The van der Waals surface area contributed by atoms with Gasteiger partial charge in [-0.1, -0.05) is 30.3 Å².